The molecular formula is C26H25N7O2S. The molecule has 0 radical (unpaired) electrons. The van der Waals surface area contributed by atoms with Crippen molar-refractivity contribution in [3.63, 3.8) is 0 Å². The maximum atomic E-state index is 9.21. The molecule has 0 bridgehead atoms. The first-order valence-corrected chi connectivity index (χ1v) is 12.3. The number of aryl methyl sites for hydroxylation is 1. The van der Waals surface area contributed by atoms with Gasteiger partial charge in [0.15, 0.2) is 16.7 Å². The molecule has 4 aromatic rings. The van der Waals surface area contributed by atoms with Gasteiger partial charge < -0.3 is 19.7 Å². The van der Waals surface area contributed by atoms with E-state index in [-0.39, 0.29) is 6.04 Å². The van der Waals surface area contributed by atoms with E-state index in [1.165, 1.54) is 28.7 Å². The smallest absolute Gasteiger partial charge is 0.228 e. The van der Waals surface area contributed by atoms with Gasteiger partial charge in [0.05, 0.1) is 26.5 Å². The van der Waals surface area contributed by atoms with Crippen LogP contribution in [0.15, 0.2) is 48.8 Å². The Kier molecular flexibility index (Phi) is 6.64. The predicted octanol–water partition coefficient (Wildman–Crippen LogP) is 5.28. The molecule has 4 heterocycles. The van der Waals surface area contributed by atoms with E-state index in [0.717, 1.165) is 24.9 Å². The van der Waals surface area contributed by atoms with Crippen molar-refractivity contribution in [1.82, 2.24) is 19.9 Å². The summed E-state index contributed by atoms with van der Waals surface area (Å²) in [6.07, 6.45) is 5.28. The minimum atomic E-state index is 0.166. The number of nitrogens with one attached hydrogen (secondary N) is 1. The van der Waals surface area contributed by atoms with Crippen LogP contribution in [0.4, 0.5) is 16.9 Å². The van der Waals surface area contributed by atoms with Gasteiger partial charge in [0.25, 0.3) is 0 Å². The summed E-state index contributed by atoms with van der Waals surface area (Å²) in [6, 6.07) is 14.6. The third kappa shape index (κ3) is 4.65. The summed E-state index contributed by atoms with van der Waals surface area (Å²) >= 11 is 1.25. The van der Waals surface area contributed by atoms with Crippen LogP contribution < -0.4 is 19.7 Å². The van der Waals surface area contributed by atoms with Gasteiger partial charge in [-0.1, -0.05) is 41.2 Å². The molecule has 10 heteroatoms. The number of rotatable bonds is 7. The van der Waals surface area contributed by atoms with E-state index in [2.05, 4.69) is 57.4 Å². The fourth-order valence-corrected chi connectivity index (χ4v) is 4.92. The Hall–Kier alpha value is -4.23. The summed E-state index contributed by atoms with van der Waals surface area (Å²) in [5.41, 5.74) is 3.83. The van der Waals surface area contributed by atoms with Crippen LogP contribution in [0.2, 0.25) is 0 Å². The number of anilines is 3. The number of methoxy groups -OCH3 is 2. The van der Waals surface area contributed by atoms with Gasteiger partial charge in [0, 0.05) is 24.4 Å². The van der Waals surface area contributed by atoms with Crippen LogP contribution in [0.1, 0.15) is 34.9 Å². The van der Waals surface area contributed by atoms with Gasteiger partial charge in [-0.2, -0.15) is 10.2 Å². The van der Waals surface area contributed by atoms with E-state index in [4.69, 9.17) is 19.4 Å². The molecular weight excluding hydrogens is 474 g/mol. The zero-order valence-electron chi connectivity index (χ0n) is 20.2. The number of pyridine rings is 1. The second-order valence-electron chi connectivity index (χ2n) is 8.37. The molecule has 1 saturated heterocycles. The van der Waals surface area contributed by atoms with E-state index >= 15 is 0 Å². The minimum Gasteiger partial charge on any atom is -0.491 e. The van der Waals surface area contributed by atoms with E-state index in [0.29, 0.717) is 39.1 Å². The van der Waals surface area contributed by atoms with Gasteiger partial charge in [0.2, 0.25) is 11.8 Å². The van der Waals surface area contributed by atoms with Crippen LogP contribution in [-0.2, 0) is 0 Å². The molecule has 0 spiro atoms. The van der Waals surface area contributed by atoms with Gasteiger partial charge in [-0.3, -0.25) is 0 Å². The lowest BCUT2D eigenvalue weighted by Crippen LogP contribution is -2.25. The molecule has 1 aliphatic rings. The van der Waals surface area contributed by atoms with Crippen LogP contribution in [0, 0.1) is 18.3 Å². The standard InChI is InChI=1S/C26H25N7O2S/c1-16-6-8-17(9-7-16)20-5-4-12-33(20)25-30-22(18-10-11-21(34-2)28-14-18)23(35-3)24(31-25)32-26-29-15-19(13-27)36-26/h6-11,14-15,20H,4-5,12H2,1-3H3,(H,29,30,31,32)/t20-/m0/s1. The summed E-state index contributed by atoms with van der Waals surface area (Å²) in [6.45, 7) is 2.92. The molecule has 1 aromatic carbocycles. The summed E-state index contributed by atoms with van der Waals surface area (Å²) < 4.78 is 11.0. The number of benzene rings is 1. The molecule has 5 rings (SSSR count). The number of nitriles is 1. The lowest BCUT2D eigenvalue weighted by atomic mass is 10.0. The Morgan fingerprint density at radius 3 is 2.56 bits per heavy atom. The quantitative estimate of drug-likeness (QED) is 0.363. The number of aromatic nitrogens is 4. The molecule has 3 aromatic heterocycles. The molecule has 36 heavy (non-hydrogen) atoms. The predicted molar refractivity (Wildman–Crippen MR) is 139 cm³/mol. The first kappa shape index (κ1) is 23.5. The van der Waals surface area contributed by atoms with E-state index in [9.17, 15) is 5.26 Å². The molecule has 1 atom stereocenters. The minimum absolute atomic E-state index is 0.166. The molecule has 0 aliphatic carbocycles. The van der Waals surface area contributed by atoms with Gasteiger partial charge >= 0.3 is 0 Å². The molecule has 0 amide bonds. The highest BCUT2D eigenvalue weighted by atomic mass is 32.1. The van der Waals surface area contributed by atoms with Crippen molar-refractivity contribution in [1.29, 1.82) is 5.26 Å². The third-order valence-electron chi connectivity index (χ3n) is 6.09. The number of hydrogen-bond acceptors (Lipinski definition) is 10. The Morgan fingerprint density at radius 2 is 1.89 bits per heavy atom. The summed E-state index contributed by atoms with van der Waals surface area (Å²) in [4.78, 5) is 21.3. The van der Waals surface area contributed by atoms with Gasteiger partial charge in [-0.15, -0.1) is 0 Å². The monoisotopic (exact) mass is 499 g/mol. The average Bonchev–Trinajstić information content (AvgIpc) is 3.59. The lowest BCUT2D eigenvalue weighted by molar-refractivity contribution is 0.398. The molecule has 1 N–H and O–H groups in total. The normalized spacial score (nSPS) is 14.9. The number of thiazole rings is 1. The Balaban J connectivity index is 1.61. The fourth-order valence-electron chi connectivity index (χ4n) is 4.31. The van der Waals surface area contributed by atoms with Crippen molar-refractivity contribution in [3.05, 3.63) is 64.8 Å². The van der Waals surface area contributed by atoms with Gasteiger partial charge in [-0.25, -0.2) is 15.0 Å². The second-order valence-corrected chi connectivity index (χ2v) is 9.40. The van der Waals surface area contributed by atoms with E-state index < -0.39 is 0 Å². The zero-order valence-corrected chi connectivity index (χ0v) is 21.0. The zero-order chi connectivity index (χ0) is 25.1. The molecule has 0 unspecified atom stereocenters. The van der Waals surface area contributed by atoms with Crippen LogP contribution in [-0.4, -0.2) is 40.7 Å². The molecule has 182 valence electrons. The third-order valence-corrected chi connectivity index (χ3v) is 6.91. The Bertz CT molecular complexity index is 1400. The first-order valence-electron chi connectivity index (χ1n) is 11.5. The Morgan fingerprint density at radius 1 is 1.06 bits per heavy atom. The first-order chi connectivity index (χ1) is 17.6. The van der Waals surface area contributed by atoms with Crippen molar-refractivity contribution < 1.29 is 9.47 Å². The van der Waals surface area contributed by atoms with Crippen LogP contribution in [0.3, 0.4) is 0 Å². The fraction of sp³-hybridized carbons (Fsp3) is 0.269. The maximum absolute atomic E-state index is 9.21. The van der Waals surface area contributed by atoms with Gasteiger partial charge in [-0.05, 0) is 31.4 Å². The number of ether oxygens (including phenoxy) is 2. The highest BCUT2D eigenvalue weighted by Crippen LogP contribution is 2.41. The lowest BCUT2D eigenvalue weighted by Gasteiger charge is -2.26. The van der Waals surface area contributed by atoms with Crippen LogP contribution in [0.5, 0.6) is 11.6 Å². The van der Waals surface area contributed by atoms with Crippen LogP contribution >= 0.6 is 11.3 Å². The van der Waals surface area contributed by atoms with Crippen LogP contribution in [0.25, 0.3) is 11.3 Å². The van der Waals surface area contributed by atoms with Crippen molar-refractivity contribution >= 4 is 28.2 Å². The van der Waals surface area contributed by atoms with E-state index in [1.807, 2.05) is 6.07 Å². The summed E-state index contributed by atoms with van der Waals surface area (Å²) in [7, 11) is 3.16. The molecule has 1 aliphatic heterocycles. The maximum Gasteiger partial charge on any atom is 0.228 e. The largest absolute Gasteiger partial charge is 0.491 e. The van der Waals surface area contributed by atoms with Crippen molar-refractivity contribution in [2.75, 3.05) is 31.0 Å². The van der Waals surface area contributed by atoms with Crippen molar-refractivity contribution in [3.8, 4) is 29.0 Å². The Labute approximate surface area is 213 Å². The highest BCUT2D eigenvalue weighted by molar-refractivity contribution is 7.16. The molecule has 0 saturated carbocycles. The average molecular weight is 500 g/mol. The highest BCUT2D eigenvalue weighted by Gasteiger charge is 2.30. The summed E-state index contributed by atoms with van der Waals surface area (Å²) in [5, 5.41) is 13.0. The topological polar surface area (TPSA) is 109 Å². The van der Waals surface area contributed by atoms with Crippen molar-refractivity contribution in [2.45, 2.75) is 25.8 Å². The number of nitrogens with zero attached hydrogens (tertiary/aromatic N) is 6. The second kappa shape index (κ2) is 10.2. The number of hydrogen-bond donors (Lipinski definition) is 1. The molecule has 9 nitrogen and oxygen atoms in total. The summed E-state index contributed by atoms with van der Waals surface area (Å²) in [5.74, 6) is 2.03. The van der Waals surface area contributed by atoms with E-state index in [1.54, 1.807) is 26.5 Å². The van der Waals surface area contributed by atoms with Gasteiger partial charge in [0.1, 0.15) is 16.6 Å². The molecule has 1 fully saturated rings. The van der Waals surface area contributed by atoms with Crippen molar-refractivity contribution in [2.24, 2.45) is 0 Å². The SMILES string of the molecule is COc1ccc(-c2nc(N3CCC[C@H]3c3ccc(C)cc3)nc(Nc3ncc(C#N)s3)c2OC)cn1.